The number of aromatic nitrogens is 1. The summed E-state index contributed by atoms with van der Waals surface area (Å²) in [5, 5.41) is 16.6. The van der Waals surface area contributed by atoms with Gasteiger partial charge < -0.3 is 14.4 Å². The normalized spacial score (nSPS) is 10.7. The number of aliphatic carboxylic acids is 1. The largest absolute Gasteiger partial charge is 0.481 e. The summed E-state index contributed by atoms with van der Waals surface area (Å²) in [6.07, 6.45) is -0.190. The van der Waals surface area contributed by atoms with Crippen LogP contribution in [0.1, 0.15) is 16.9 Å². The van der Waals surface area contributed by atoms with Crippen molar-refractivity contribution in [3.8, 4) is 22.4 Å². The van der Waals surface area contributed by atoms with Crippen molar-refractivity contribution >= 4 is 29.4 Å². The van der Waals surface area contributed by atoms with E-state index >= 15 is 0 Å². The van der Waals surface area contributed by atoms with E-state index in [-0.39, 0.29) is 13.0 Å². The number of nitrogens with one attached hydrogen (secondary N) is 1. The Bertz CT molecular complexity index is 1350. The lowest BCUT2D eigenvalue weighted by atomic mass is 9.96. The summed E-state index contributed by atoms with van der Waals surface area (Å²) in [5.74, 6) is -0.444. The topological polar surface area (TPSA) is 102 Å². The third kappa shape index (κ3) is 5.88. The van der Waals surface area contributed by atoms with Crippen molar-refractivity contribution in [1.29, 1.82) is 0 Å². The van der Waals surface area contributed by atoms with Crippen molar-refractivity contribution < 1.29 is 24.0 Å². The van der Waals surface area contributed by atoms with Gasteiger partial charge in [-0.05, 0) is 35.2 Å². The van der Waals surface area contributed by atoms with Gasteiger partial charge >= 0.3 is 12.1 Å². The zero-order chi connectivity index (χ0) is 24.8. The summed E-state index contributed by atoms with van der Waals surface area (Å²) in [5.41, 5.74) is 4.97. The van der Waals surface area contributed by atoms with Gasteiger partial charge in [0.2, 0.25) is 0 Å². The zero-order valence-electron chi connectivity index (χ0n) is 19.0. The number of ether oxygens (including phenoxy) is 1. The summed E-state index contributed by atoms with van der Waals surface area (Å²) in [6, 6.07) is 22.2. The number of carbonyl (C=O) groups is 2. The molecule has 8 heteroatoms. The summed E-state index contributed by atoms with van der Waals surface area (Å²) >= 11 is 6.14. The van der Waals surface area contributed by atoms with E-state index in [1.165, 1.54) is 0 Å². The lowest BCUT2D eigenvalue weighted by Gasteiger charge is -2.10. The minimum absolute atomic E-state index is 0.0624. The molecule has 35 heavy (non-hydrogen) atoms. The van der Waals surface area contributed by atoms with E-state index < -0.39 is 12.1 Å². The van der Waals surface area contributed by atoms with Crippen LogP contribution in [-0.4, -0.2) is 28.9 Å². The molecule has 178 valence electrons. The smallest absolute Gasteiger partial charge is 0.411 e. The number of halogens is 1. The number of hydrogen-bond donors (Lipinski definition) is 2. The highest BCUT2D eigenvalue weighted by Gasteiger charge is 2.18. The van der Waals surface area contributed by atoms with E-state index in [4.69, 9.17) is 20.9 Å². The number of hydrogen-bond acceptors (Lipinski definition) is 5. The molecule has 1 amide bonds. The molecule has 4 aromatic rings. The first-order valence-corrected chi connectivity index (χ1v) is 11.3. The van der Waals surface area contributed by atoms with Crippen molar-refractivity contribution in [1.82, 2.24) is 5.16 Å². The number of carboxylic acid groups (broad SMARTS) is 1. The van der Waals surface area contributed by atoms with Crippen LogP contribution < -0.4 is 5.32 Å². The van der Waals surface area contributed by atoms with Gasteiger partial charge in [-0.15, -0.1) is 0 Å². The lowest BCUT2D eigenvalue weighted by Crippen LogP contribution is -2.16. The van der Waals surface area contributed by atoms with Crippen LogP contribution in [0.4, 0.5) is 10.5 Å². The maximum absolute atomic E-state index is 12.4. The highest BCUT2D eigenvalue weighted by Crippen LogP contribution is 2.32. The zero-order valence-corrected chi connectivity index (χ0v) is 19.7. The van der Waals surface area contributed by atoms with E-state index in [0.29, 0.717) is 28.6 Å². The molecule has 0 bridgehead atoms. The Kier molecular flexibility index (Phi) is 7.48. The summed E-state index contributed by atoms with van der Waals surface area (Å²) in [7, 11) is 0. The van der Waals surface area contributed by atoms with Gasteiger partial charge in [-0.3, -0.25) is 10.1 Å². The van der Waals surface area contributed by atoms with Gasteiger partial charge in [-0.1, -0.05) is 83.5 Å². The molecule has 0 aliphatic carbocycles. The molecule has 0 unspecified atom stereocenters. The molecule has 4 rings (SSSR count). The Morgan fingerprint density at radius 3 is 2.34 bits per heavy atom. The van der Waals surface area contributed by atoms with Crippen LogP contribution in [0.25, 0.3) is 22.4 Å². The average molecular weight is 491 g/mol. The Balaban J connectivity index is 1.46. The van der Waals surface area contributed by atoms with Crippen LogP contribution in [0.5, 0.6) is 0 Å². The predicted molar refractivity (Wildman–Crippen MR) is 134 cm³/mol. The third-order valence-electron chi connectivity index (χ3n) is 5.48. The minimum atomic E-state index is -0.887. The number of carboxylic acids is 1. The number of anilines is 1. The van der Waals surface area contributed by atoms with Gasteiger partial charge in [0, 0.05) is 17.0 Å². The molecule has 7 nitrogen and oxygen atoms in total. The number of nitrogens with zero attached hydrogens (tertiary/aromatic N) is 1. The Morgan fingerprint density at radius 1 is 0.971 bits per heavy atom. The molecule has 0 spiro atoms. The summed E-state index contributed by atoms with van der Waals surface area (Å²) in [6.45, 7) is 1.87. The van der Waals surface area contributed by atoms with Crippen molar-refractivity contribution in [2.45, 2.75) is 19.8 Å². The van der Waals surface area contributed by atoms with Gasteiger partial charge in [-0.25, -0.2) is 4.79 Å². The molecule has 2 N–H and O–H groups in total. The number of aryl methyl sites for hydroxylation is 1. The van der Waals surface area contributed by atoms with Gasteiger partial charge in [0.25, 0.3) is 0 Å². The monoisotopic (exact) mass is 490 g/mol. The quantitative estimate of drug-likeness (QED) is 0.297. The fourth-order valence-corrected chi connectivity index (χ4v) is 3.97. The van der Waals surface area contributed by atoms with E-state index in [2.05, 4.69) is 10.5 Å². The lowest BCUT2D eigenvalue weighted by molar-refractivity contribution is -0.136. The van der Waals surface area contributed by atoms with Crippen LogP contribution in [0, 0.1) is 6.92 Å². The Labute approximate surface area is 207 Å². The number of rotatable bonds is 8. The van der Waals surface area contributed by atoms with E-state index in [0.717, 1.165) is 27.8 Å². The Hall–Kier alpha value is -4.10. The summed E-state index contributed by atoms with van der Waals surface area (Å²) < 4.78 is 10.6. The van der Waals surface area contributed by atoms with Crippen molar-refractivity contribution in [2.24, 2.45) is 0 Å². The highest BCUT2D eigenvalue weighted by molar-refractivity contribution is 6.31. The third-order valence-corrected chi connectivity index (χ3v) is 5.85. The molecule has 3 aromatic carbocycles. The molecule has 0 aliphatic rings. The van der Waals surface area contributed by atoms with Gasteiger partial charge in [0.15, 0.2) is 5.76 Å². The molecule has 0 aliphatic heterocycles. The summed E-state index contributed by atoms with van der Waals surface area (Å²) in [4.78, 5) is 23.6. The molecular weight excluding hydrogens is 468 g/mol. The maximum atomic E-state index is 12.4. The van der Waals surface area contributed by atoms with Gasteiger partial charge in [0.1, 0.15) is 11.4 Å². The number of amides is 1. The fraction of sp³-hybridized carbons (Fsp3) is 0.148. The van der Waals surface area contributed by atoms with Crippen LogP contribution in [0.15, 0.2) is 77.3 Å². The molecule has 1 heterocycles. The van der Waals surface area contributed by atoms with Gasteiger partial charge in [-0.2, -0.15) is 0 Å². The molecule has 1 aromatic heterocycles. The van der Waals surface area contributed by atoms with Crippen LogP contribution in [0.2, 0.25) is 5.02 Å². The van der Waals surface area contributed by atoms with Crippen LogP contribution in [0.3, 0.4) is 0 Å². The van der Waals surface area contributed by atoms with E-state index in [9.17, 15) is 14.7 Å². The molecule has 0 saturated carbocycles. The van der Waals surface area contributed by atoms with Crippen LogP contribution >= 0.6 is 11.6 Å². The fourth-order valence-electron chi connectivity index (χ4n) is 3.74. The predicted octanol–water partition coefficient (Wildman–Crippen LogP) is 6.39. The molecule has 0 fully saturated rings. The average Bonchev–Trinajstić information content (AvgIpc) is 3.20. The van der Waals surface area contributed by atoms with Crippen molar-refractivity contribution in [2.75, 3.05) is 11.9 Å². The molecule has 0 atom stereocenters. The van der Waals surface area contributed by atoms with Crippen molar-refractivity contribution in [3.63, 3.8) is 0 Å². The Morgan fingerprint density at radius 2 is 1.63 bits per heavy atom. The van der Waals surface area contributed by atoms with E-state index in [1.807, 2.05) is 60.7 Å². The minimum Gasteiger partial charge on any atom is -0.481 e. The maximum Gasteiger partial charge on any atom is 0.411 e. The number of carbonyl (C=O) groups excluding carboxylic acids is 1. The second-order valence-electron chi connectivity index (χ2n) is 7.87. The SMILES string of the molecule is Cc1onc(-c2ccc(-c3ccccc3CC(=O)O)cc2)c1NC(=O)OCCc1ccccc1Cl. The molecule has 0 saturated heterocycles. The highest BCUT2D eigenvalue weighted by atomic mass is 35.5. The van der Waals surface area contributed by atoms with E-state index in [1.54, 1.807) is 19.1 Å². The molecular formula is C27H23ClN2O5. The second-order valence-corrected chi connectivity index (χ2v) is 8.28. The standard InChI is InChI=1S/C27H23ClN2O5/c1-17-25(29-27(33)34-15-14-19-6-3-5-9-23(19)28)26(30-35-17)20-12-10-18(11-13-20)22-8-4-2-7-21(22)16-24(31)32/h2-13H,14-16H2,1H3,(H,29,33)(H,31,32). The molecule has 0 radical (unpaired) electrons. The van der Waals surface area contributed by atoms with Crippen molar-refractivity contribution in [3.05, 3.63) is 94.7 Å². The van der Waals surface area contributed by atoms with Crippen LogP contribution in [-0.2, 0) is 22.4 Å². The number of benzene rings is 3. The van der Waals surface area contributed by atoms with Gasteiger partial charge in [0.05, 0.1) is 13.0 Å². The first-order valence-electron chi connectivity index (χ1n) is 11.0. The second kappa shape index (κ2) is 10.9. The first kappa shape index (κ1) is 24.0. The first-order chi connectivity index (χ1) is 16.9.